The van der Waals surface area contributed by atoms with Gasteiger partial charge in [-0.2, -0.15) is 5.10 Å². The molecule has 0 saturated heterocycles. The molecule has 0 amide bonds. The highest BCUT2D eigenvalue weighted by molar-refractivity contribution is 5.89. The summed E-state index contributed by atoms with van der Waals surface area (Å²) in [4.78, 5) is 21.7. The molecule has 2 heterocycles. The van der Waals surface area contributed by atoms with E-state index >= 15 is 0 Å². The van der Waals surface area contributed by atoms with Crippen molar-refractivity contribution in [2.45, 2.75) is 0 Å². The smallest absolute Gasteiger partial charge is 0.306 e. The summed E-state index contributed by atoms with van der Waals surface area (Å²) in [7, 11) is 1.85. The fourth-order valence-electron chi connectivity index (χ4n) is 2.57. The maximum Gasteiger partial charge on any atom is 0.323 e. The SMILES string of the molecule is Cn1nc(-c2ccccc2)nc1-c1cccc2[nH]c(=O)[nH]c12. The Kier molecular flexibility index (Phi) is 2.69. The first-order chi connectivity index (χ1) is 10.7. The number of aromatic amines is 2. The first-order valence-electron chi connectivity index (χ1n) is 6.90. The number of benzene rings is 2. The van der Waals surface area contributed by atoms with E-state index in [1.54, 1.807) is 4.68 Å². The van der Waals surface area contributed by atoms with E-state index in [9.17, 15) is 4.79 Å². The number of hydrogen-bond donors (Lipinski definition) is 2. The second kappa shape index (κ2) is 4.70. The summed E-state index contributed by atoms with van der Waals surface area (Å²) in [5, 5.41) is 4.47. The molecule has 0 radical (unpaired) electrons. The number of aromatic nitrogens is 5. The molecule has 4 rings (SSSR count). The molecular formula is C16H13N5O. The van der Waals surface area contributed by atoms with Crippen molar-refractivity contribution in [1.29, 1.82) is 0 Å². The summed E-state index contributed by atoms with van der Waals surface area (Å²) >= 11 is 0. The number of imidazole rings is 1. The Labute approximate surface area is 125 Å². The van der Waals surface area contributed by atoms with Gasteiger partial charge in [-0.25, -0.2) is 14.5 Å². The van der Waals surface area contributed by atoms with E-state index in [-0.39, 0.29) is 5.69 Å². The first-order valence-corrected chi connectivity index (χ1v) is 6.90. The molecule has 0 atom stereocenters. The molecule has 0 aliphatic rings. The number of nitrogens with zero attached hydrogens (tertiary/aromatic N) is 3. The Hall–Kier alpha value is -3.15. The number of H-pyrrole nitrogens is 2. The van der Waals surface area contributed by atoms with Crippen LogP contribution in [0.25, 0.3) is 33.8 Å². The van der Waals surface area contributed by atoms with Crippen molar-refractivity contribution in [3.8, 4) is 22.8 Å². The Morgan fingerprint density at radius 1 is 1.00 bits per heavy atom. The third-order valence-corrected chi connectivity index (χ3v) is 3.59. The van der Waals surface area contributed by atoms with E-state index in [0.29, 0.717) is 11.6 Å². The Bertz CT molecular complexity index is 1010. The quantitative estimate of drug-likeness (QED) is 0.595. The van der Waals surface area contributed by atoms with Crippen LogP contribution in [0.3, 0.4) is 0 Å². The minimum Gasteiger partial charge on any atom is -0.306 e. The fraction of sp³-hybridized carbons (Fsp3) is 0.0625. The summed E-state index contributed by atoms with van der Waals surface area (Å²) in [6.07, 6.45) is 0. The molecule has 0 aliphatic carbocycles. The van der Waals surface area contributed by atoms with Gasteiger partial charge in [-0.15, -0.1) is 0 Å². The highest BCUT2D eigenvalue weighted by Crippen LogP contribution is 2.26. The van der Waals surface area contributed by atoms with Gasteiger partial charge in [-0.3, -0.25) is 0 Å². The van der Waals surface area contributed by atoms with Crippen molar-refractivity contribution in [3.05, 3.63) is 59.0 Å². The lowest BCUT2D eigenvalue weighted by atomic mass is 10.1. The van der Waals surface area contributed by atoms with Crippen LogP contribution in [0.2, 0.25) is 0 Å². The van der Waals surface area contributed by atoms with Gasteiger partial charge in [0, 0.05) is 18.2 Å². The summed E-state index contributed by atoms with van der Waals surface area (Å²) in [6, 6.07) is 15.5. The number of para-hydroxylation sites is 1. The van der Waals surface area contributed by atoms with Crippen molar-refractivity contribution < 1.29 is 0 Å². The standard InChI is InChI=1S/C16H13N5O/c1-21-15(19-14(20-21)10-6-3-2-4-7-10)11-8-5-9-12-13(11)18-16(22)17-12/h2-9H,1H3,(H2,17,18,22). The molecule has 0 fully saturated rings. The minimum absolute atomic E-state index is 0.229. The van der Waals surface area contributed by atoms with Crippen LogP contribution < -0.4 is 5.69 Å². The maximum atomic E-state index is 11.5. The molecule has 0 aliphatic heterocycles. The molecule has 4 aromatic rings. The van der Waals surface area contributed by atoms with Gasteiger partial charge in [-0.05, 0) is 12.1 Å². The van der Waals surface area contributed by atoms with Gasteiger partial charge < -0.3 is 9.97 Å². The van der Waals surface area contributed by atoms with E-state index in [2.05, 4.69) is 20.1 Å². The van der Waals surface area contributed by atoms with E-state index in [4.69, 9.17) is 0 Å². The molecule has 2 N–H and O–H groups in total. The Morgan fingerprint density at radius 3 is 2.64 bits per heavy atom. The molecular weight excluding hydrogens is 278 g/mol. The van der Waals surface area contributed by atoms with Crippen molar-refractivity contribution in [1.82, 2.24) is 24.7 Å². The zero-order chi connectivity index (χ0) is 15.1. The monoisotopic (exact) mass is 291 g/mol. The summed E-state index contributed by atoms with van der Waals surface area (Å²) in [5.74, 6) is 1.37. The first kappa shape index (κ1) is 12.6. The van der Waals surface area contributed by atoms with Crippen LogP contribution in [0.1, 0.15) is 0 Å². The highest BCUT2D eigenvalue weighted by atomic mass is 16.1. The lowest BCUT2D eigenvalue weighted by Gasteiger charge is -2.01. The molecule has 2 aromatic heterocycles. The number of nitrogens with one attached hydrogen (secondary N) is 2. The fourth-order valence-corrected chi connectivity index (χ4v) is 2.57. The predicted molar refractivity (Wildman–Crippen MR) is 84.4 cm³/mol. The topological polar surface area (TPSA) is 79.4 Å². The summed E-state index contributed by atoms with van der Waals surface area (Å²) in [5.41, 5.74) is 3.06. The maximum absolute atomic E-state index is 11.5. The molecule has 2 aromatic carbocycles. The third-order valence-electron chi connectivity index (χ3n) is 3.59. The second-order valence-corrected chi connectivity index (χ2v) is 5.06. The van der Waals surface area contributed by atoms with Crippen LogP contribution in [0.4, 0.5) is 0 Å². The Morgan fingerprint density at radius 2 is 1.82 bits per heavy atom. The van der Waals surface area contributed by atoms with Gasteiger partial charge in [0.1, 0.15) is 0 Å². The largest absolute Gasteiger partial charge is 0.323 e. The zero-order valence-electron chi connectivity index (χ0n) is 11.9. The normalized spacial score (nSPS) is 11.1. The molecule has 0 bridgehead atoms. The predicted octanol–water partition coefficient (Wildman–Crippen LogP) is 2.32. The number of aryl methyl sites for hydroxylation is 1. The Balaban J connectivity index is 1.92. The number of hydrogen-bond acceptors (Lipinski definition) is 3. The highest BCUT2D eigenvalue weighted by Gasteiger charge is 2.14. The van der Waals surface area contributed by atoms with Crippen LogP contribution in [-0.4, -0.2) is 24.7 Å². The van der Waals surface area contributed by atoms with Crippen LogP contribution >= 0.6 is 0 Å². The molecule has 22 heavy (non-hydrogen) atoms. The van der Waals surface area contributed by atoms with Crippen LogP contribution in [0.5, 0.6) is 0 Å². The van der Waals surface area contributed by atoms with Crippen molar-refractivity contribution in [2.24, 2.45) is 7.05 Å². The molecule has 6 heteroatoms. The van der Waals surface area contributed by atoms with Gasteiger partial charge in [0.05, 0.1) is 11.0 Å². The lowest BCUT2D eigenvalue weighted by molar-refractivity contribution is 0.778. The van der Waals surface area contributed by atoms with Crippen LogP contribution in [-0.2, 0) is 7.05 Å². The van der Waals surface area contributed by atoms with Gasteiger partial charge in [0.15, 0.2) is 11.6 Å². The third kappa shape index (κ3) is 1.93. The summed E-state index contributed by atoms with van der Waals surface area (Å²) < 4.78 is 1.72. The molecule has 108 valence electrons. The second-order valence-electron chi connectivity index (χ2n) is 5.06. The minimum atomic E-state index is -0.229. The van der Waals surface area contributed by atoms with Gasteiger partial charge in [0.2, 0.25) is 0 Å². The van der Waals surface area contributed by atoms with Crippen molar-refractivity contribution in [3.63, 3.8) is 0 Å². The van der Waals surface area contributed by atoms with Crippen LogP contribution in [0.15, 0.2) is 53.3 Å². The molecule has 6 nitrogen and oxygen atoms in total. The van der Waals surface area contributed by atoms with Gasteiger partial charge >= 0.3 is 5.69 Å². The number of fused-ring (bicyclic) bond motifs is 1. The van der Waals surface area contributed by atoms with E-state index in [0.717, 1.165) is 22.2 Å². The van der Waals surface area contributed by atoms with Crippen LogP contribution in [0, 0.1) is 0 Å². The average Bonchev–Trinajstić information content (AvgIpc) is 3.10. The summed E-state index contributed by atoms with van der Waals surface area (Å²) in [6.45, 7) is 0. The lowest BCUT2D eigenvalue weighted by Crippen LogP contribution is -2.00. The average molecular weight is 291 g/mol. The van der Waals surface area contributed by atoms with Crippen molar-refractivity contribution in [2.75, 3.05) is 0 Å². The molecule has 0 saturated carbocycles. The van der Waals surface area contributed by atoms with E-state index < -0.39 is 0 Å². The molecule has 0 spiro atoms. The van der Waals surface area contributed by atoms with Gasteiger partial charge in [0.25, 0.3) is 0 Å². The van der Waals surface area contributed by atoms with Crippen molar-refractivity contribution >= 4 is 11.0 Å². The van der Waals surface area contributed by atoms with Gasteiger partial charge in [-0.1, -0.05) is 36.4 Å². The zero-order valence-corrected chi connectivity index (χ0v) is 11.9. The number of rotatable bonds is 2. The molecule has 0 unspecified atom stereocenters. The van der Waals surface area contributed by atoms with E-state index in [1.807, 2.05) is 55.6 Å². The van der Waals surface area contributed by atoms with E-state index in [1.165, 1.54) is 0 Å².